The van der Waals surface area contributed by atoms with E-state index in [0.717, 1.165) is 5.69 Å². The highest BCUT2D eigenvalue weighted by Gasteiger charge is 2.26. The third-order valence-electron chi connectivity index (χ3n) is 3.82. The van der Waals surface area contributed by atoms with Crippen LogP contribution in [0.15, 0.2) is 36.4 Å². The number of hydrogen-bond donors (Lipinski definition) is 0. The van der Waals surface area contributed by atoms with Crippen molar-refractivity contribution < 1.29 is 19.0 Å². The summed E-state index contributed by atoms with van der Waals surface area (Å²) in [7, 11) is 0. The van der Waals surface area contributed by atoms with Crippen molar-refractivity contribution in [2.75, 3.05) is 31.3 Å². The Balaban J connectivity index is 1.72. The summed E-state index contributed by atoms with van der Waals surface area (Å²) in [6, 6.07) is 10.8. The van der Waals surface area contributed by atoms with Crippen LogP contribution in [0.4, 0.5) is 5.69 Å². The summed E-state index contributed by atoms with van der Waals surface area (Å²) >= 11 is 6.23. The predicted molar refractivity (Wildman–Crippen MR) is 86.1 cm³/mol. The largest absolute Gasteiger partial charge is 0.490 e. The van der Waals surface area contributed by atoms with Gasteiger partial charge in [0.25, 0.3) is 5.91 Å². The van der Waals surface area contributed by atoms with Gasteiger partial charge >= 0.3 is 0 Å². The van der Waals surface area contributed by atoms with E-state index < -0.39 is 0 Å². The fourth-order valence-electron chi connectivity index (χ4n) is 2.77. The molecule has 0 aliphatic carbocycles. The highest BCUT2D eigenvalue weighted by atomic mass is 35.5. The Morgan fingerprint density at radius 2 is 1.78 bits per heavy atom. The molecule has 0 spiro atoms. The Hall–Kier alpha value is -2.40. The zero-order chi connectivity index (χ0) is 15.8. The van der Waals surface area contributed by atoms with Crippen LogP contribution in [0, 0.1) is 0 Å². The minimum absolute atomic E-state index is 0.139. The number of anilines is 1. The number of carbonyl (C=O) groups is 1. The van der Waals surface area contributed by atoms with Gasteiger partial charge in [-0.2, -0.15) is 0 Å². The molecule has 0 bridgehead atoms. The minimum atomic E-state index is -0.139. The van der Waals surface area contributed by atoms with Gasteiger partial charge in [-0.15, -0.1) is 0 Å². The molecule has 2 heterocycles. The van der Waals surface area contributed by atoms with E-state index in [1.807, 2.05) is 24.3 Å². The molecule has 4 rings (SSSR count). The van der Waals surface area contributed by atoms with Gasteiger partial charge in [0.05, 0.1) is 17.3 Å². The van der Waals surface area contributed by atoms with Gasteiger partial charge in [0.1, 0.15) is 25.6 Å². The molecule has 2 aromatic rings. The molecule has 0 saturated heterocycles. The lowest BCUT2D eigenvalue weighted by molar-refractivity contribution is 0.0975. The van der Waals surface area contributed by atoms with Crippen molar-refractivity contribution in [1.82, 2.24) is 0 Å². The van der Waals surface area contributed by atoms with Gasteiger partial charge < -0.3 is 19.1 Å². The molecule has 0 unspecified atom stereocenters. The van der Waals surface area contributed by atoms with Crippen molar-refractivity contribution in [3.63, 3.8) is 0 Å². The summed E-state index contributed by atoms with van der Waals surface area (Å²) < 4.78 is 16.6. The van der Waals surface area contributed by atoms with E-state index in [0.29, 0.717) is 54.2 Å². The number of amides is 1. The molecule has 23 heavy (non-hydrogen) atoms. The number of rotatable bonds is 1. The van der Waals surface area contributed by atoms with E-state index in [-0.39, 0.29) is 5.91 Å². The zero-order valence-corrected chi connectivity index (χ0v) is 13.0. The van der Waals surface area contributed by atoms with Gasteiger partial charge in [-0.25, -0.2) is 0 Å². The monoisotopic (exact) mass is 331 g/mol. The van der Waals surface area contributed by atoms with Gasteiger partial charge in [0.15, 0.2) is 11.5 Å². The van der Waals surface area contributed by atoms with E-state index in [1.54, 1.807) is 17.0 Å². The molecule has 2 aliphatic rings. The van der Waals surface area contributed by atoms with Crippen LogP contribution in [0.1, 0.15) is 10.4 Å². The topological polar surface area (TPSA) is 48.0 Å². The van der Waals surface area contributed by atoms with E-state index >= 15 is 0 Å². The minimum Gasteiger partial charge on any atom is -0.490 e. The molecule has 118 valence electrons. The summed E-state index contributed by atoms with van der Waals surface area (Å²) in [6.07, 6.45) is 0. The fourth-order valence-corrected chi connectivity index (χ4v) is 3.04. The Labute approximate surface area is 138 Å². The first kappa shape index (κ1) is 14.2. The average molecular weight is 332 g/mol. The van der Waals surface area contributed by atoms with Crippen molar-refractivity contribution in [1.29, 1.82) is 0 Å². The number of fused-ring (bicyclic) bond motifs is 2. The second-order valence-electron chi connectivity index (χ2n) is 5.26. The maximum atomic E-state index is 12.9. The number of hydrogen-bond acceptors (Lipinski definition) is 4. The van der Waals surface area contributed by atoms with E-state index in [9.17, 15) is 4.79 Å². The number of halogens is 1. The predicted octanol–water partition coefficient (Wildman–Crippen LogP) is 3.15. The number of para-hydroxylation sites is 2. The fraction of sp³-hybridized carbons (Fsp3) is 0.235. The summed E-state index contributed by atoms with van der Waals surface area (Å²) in [6.45, 7) is 1.85. The third-order valence-corrected chi connectivity index (χ3v) is 4.10. The van der Waals surface area contributed by atoms with Crippen molar-refractivity contribution in [3.8, 4) is 17.2 Å². The molecule has 0 saturated carbocycles. The lowest BCUT2D eigenvalue weighted by atomic mass is 10.1. The molecule has 0 fully saturated rings. The Bertz CT molecular complexity index is 777. The second kappa shape index (κ2) is 5.66. The van der Waals surface area contributed by atoms with Crippen LogP contribution < -0.4 is 19.1 Å². The highest BCUT2D eigenvalue weighted by molar-refractivity contribution is 6.33. The molecular weight excluding hydrogens is 318 g/mol. The van der Waals surface area contributed by atoms with Crippen molar-refractivity contribution >= 4 is 23.2 Å². The second-order valence-corrected chi connectivity index (χ2v) is 5.66. The molecule has 0 aromatic heterocycles. The van der Waals surface area contributed by atoms with Gasteiger partial charge in [-0.05, 0) is 24.3 Å². The summed E-state index contributed by atoms with van der Waals surface area (Å²) in [5.74, 6) is 1.57. The maximum absolute atomic E-state index is 12.9. The van der Waals surface area contributed by atoms with Crippen LogP contribution in [-0.2, 0) is 0 Å². The quantitative estimate of drug-likeness (QED) is 0.805. The number of ether oxygens (including phenoxy) is 3. The molecule has 0 radical (unpaired) electrons. The first-order valence-electron chi connectivity index (χ1n) is 7.37. The van der Waals surface area contributed by atoms with Gasteiger partial charge in [-0.3, -0.25) is 4.79 Å². The first-order chi connectivity index (χ1) is 11.2. The van der Waals surface area contributed by atoms with Crippen LogP contribution in [0.3, 0.4) is 0 Å². The zero-order valence-electron chi connectivity index (χ0n) is 12.3. The average Bonchev–Trinajstić information content (AvgIpc) is 2.60. The van der Waals surface area contributed by atoms with Crippen LogP contribution in [0.2, 0.25) is 5.02 Å². The molecule has 2 aliphatic heterocycles. The van der Waals surface area contributed by atoms with Crippen molar-refractivity contribution in [2.45, 2.75) is 0 Å². The number of benzene rings is 2. The molecular formula is C17H14ClNO4. The lowest BCUT2D eigenvalue weighted by Gasteiger charge is -2.30. The maximum Gasteiger partial charge on any atom is 0.258 e. The Morgan fingerprint density at radius 3 is 2.70 bits per heavy atom. The van der Waals surface area contributed by atoms with E-state index in [4.69, 9.17) is 25.8 Å². The summed E-state index contributed by atoms with van der Waals surface area (Å²) in [5.41, 5.74) is 1.23. The van der Waals surface area contributed by atoms with Gasteiger partial charge in [0.2, 0.25) is 0 Å². The smallest absolute Gasteiger partial charge is 0.258 e. The summed E-state index contributed by atoms with van der Waals surface area (Å²) in [4.78, 5) is 14.6. The normalized spacial score (nSPS) is 15.6. The van der Waals surface area contributed by atoms with Crippen molar-refractivity contribution in [3.05, 3.63) is 47.0 Å². The molecule has 0 atom stereocenters. The SMILES string of the molecule is O=C(c1cc(Cl)c2c(c1)OCCO2)N1CCOc2ccccc21. The number of carbonyl (C=O) groups excluding carboxylic acids is 1. The van der Waals surface area contributed by atoms with Crippen LogP contribution >= 0.6 is 11.6 Å². The first-order valence-corrected chi connectivity index (χ1v) is 7.74. The standard InChI is InChI=1S/C17H14ClNO4/c18-12-9-11(10-15-16(12)23-8-7-22-15)17(20)19-5-6-21-14-4-2-1-3-13(14)19/h1-4,9-10H,5-8H2. The van der Waals surface area contributed by atoms with Crippen LogP contribution in [-0.4, -0.2) is 32.3 Å². The molecule has 1 amide bonds. The molecule has 5 nitrogen and oxygen atoms in total. The summed E-state index contributed by atoms with van der Waals surface area (Å²) in [5, 5.41) is 0.382. The van der Waals surface area contributed by atoms with Crippen molar-refractivity contribution in [2.24, 2.45) is 0 Å². The lowest BCUT2D eigenvalue weighted by Crippen LogP contribution is -2.38. The molecule has 0 N–H and O–H groups in total. The number of nitrogens with zero attached hydrogens (tertiary/aromatic N) is 1. The molecule has 2 aromatic carbocycles. The third kappa shape index (κ3) is 2.47. The van der Waals surface area contributed by atoms with Gasteiger partial charge in [0, 0.05) is 5.56 Å². The van der Waals surface area contributed by atoms with E-state index in [2.05, 4.69) is 0 Å². The van der Waals surface area contributed by atoms with Crippen LogP contribution in [0.25, 0.3) is 0 Å². The van der Waals surface area contributed by atoms with Gasteiger partial charge in [-0.1, -0.05) is 23.7 Å². The Kier molecular flexibility index (Phi) is 3.50. The van der Waals surface area contributed by atoms with Crippen LogP contribution in [0.5, 0.6) is 17.2 Å². The highest BCUT2D eigenvalue weighted by Crippen LogP contribution is 2.39. The molecule has 6 heteroatoms. The van der Waals surface area contributed by atoms with E-state index in [1.165, 1.54) is 0 Å². The Morgan fingerprint density at radius 1 is 1.00 bits per heavy atom.